The Morgan fingerprint density at radius 1 is 0.348 bits per heavy atom. The standard InChI is InChI=1S/C70H132O17P2/c1-6-9-12-15-18-21-24-26-27-29-32-35-40-46-51-56-70(75)86-65(59-80-67(72)53-48-43-38-33-31-28-25-22-19-16-13-10-7-2)61-84-88(76,77)82-57-64(71)58-83-89(78,79)85-62-66(60-81-68(73)54-49-44-41-36-37-42-47-52-63(4)5)87-69(74)55-50-45-39-34-30-23-20-17-14-11-8-3/h21,24,26-27,63-66,71H,6-20,22-23,25,28-62H2,1-5H3,(H,76,77)(H,78,79)/b24-21-,27-26-/t64-,65-,66-/m1/s1. The van der Waals surface area contributed by atoms with Crippen molar-refractivity contribution >= 4 is 39.5 Å². The van der Waals surface area contributed by atoms with E-state index in [2.05, 4.69) is 58.9 Å². The van der Waals surface area contributed by atoms with Crippen LogP contribution in [0.15, 0.2) is 24.3 Å². The molecule has 19 heteroatoms. The molecule has 5 atom stereocenters. The molecule has 89 heavy (non-hydrogen) atoms. The molecule has 0 fully saturated rings. The van der Waals surface area contributed by atoms with Gasteiger partial charge in [0.15, 0.2) is 12.2 Å². The second-order valence-corrected chi connectivity index (χ2v) is 28.0. The molecule has 0 radical (unpaired) electrons. The molecule has 0 aromatic rings. The van der Waals surface area contributed by atoms with E-state index in [1.165, 1.54) is 141 Å². The summed E-state index contributed by atoms with van der Waals surface area (Å²) in [7, 11) is -9.91. The lowest BCUT2D eigenvalue weighted by Crippen LogP contribution is -2.30. The minimum absolute atomic E-state index is 0.0854. The third kappa shape index (κ3) is 64.1. The molecule has 0 saturated carbocycles. The molecule has 2 unspecified atom stereocenters. The highest BCUT2D eigenvalue weighted by atomic mass is 31.2. The largest absolute Gasteiger partial charge is 0.472 e. The normalized spacial score (nSPS) is 14.3. The van der Waals surface area contributed by atoms with Crippen molar-refractivity contribution in [3.05, 3.63) is 24.3 Å². The number of aliphatic hydroxyl groups excluding tert-OH is 1. The first kappa shape index (κ1) is 86.5. The maximum Gasteiger partial charge on any atom is 0.472 e. The fourth-order valence-corrected chi connectivity index (χ4v) is 11.7. The Balaban J connectivity index is 5.28. The van der Waals surface area contributed by atoms with E-state index in [0.29, 0.717) is 31.6 Å². The van der Waals surface area contributed by atoms with Crippen molar-refractivity contribution in [1.29, 1.82) is 0 Å². The molecule has 17 nitrogen and oxygen atoms in total. The molecule has 0 aliphatic heterocycles. The minimum Gasteiger partial charge on any atom is -0.462 e. The van der Waals surface area contributed by atoms with Gasteiger partial charge >= 0.3 is 39.5 Å². The summed E-state index contributed by atoms with van der Waals surface area (Å²) in [6, 6.07) is 0. The number of phosphoric acid groups is 2. The monoisotopic (exact) mass is 1310 g/mol. The number of unbranched alkanes of at least 4 members (excludes halogenated alkanes) is 37. The predicted molar refractivity (Wildman–Crippen MR) is 358 cm³/mol. The lowest BCUT2D eigenvalue weighted by molar-refractivity contribution is -0.161. The number of hydrogen-bond donors (Lipinski definition) is 3. The number of allylic oxidation sites excluding steroid dienone is 4. The van der Waals surface area contributed by atoms with Crippen molar-refractivity contribution < 1.29 is 80.2 Å². The highest BCUT2D eigenvalue weighted by Gasteiger charge is 2.30. The van der Waals surface area contributed by atoms with E-state index in [4.69, 9.17) is 37.0 Å². The van der Waals surface area contributed by atoms with Crippen LogP contribution < -0.4 is 0 Å². The summed E-state index contributed by atoms with van der Waals surface area (Å²) < 4.78 is 68.2. The molecular weight excluding hydrogens is 1170 g/mol. The molecule has 0 aromatic heterocycles. The molecule has 0 spiro atoms. The first-order chi connectivity index (χ1) is 43.0. The van der Waals surface area contributed by atoms with Crippen LogP contribution in [-0.4, -0.2) is 96.7 Å². The average Bonchev–Trinajstić information content (AvgIpc) is 3.59. The smallest absolute Gasteiger partial charge is 0.462 e. The lowest BCUT2D eigenvalue weighted by Gasteiger charge is -2.21. The van der Waals surface area contributed by atoms with Crippen LogP contribution in [0, 0.1) is 5.92 Å². The Kier molecular flexibility index (Phi) is 61.2. The maximum absolute atomic E-state index is 13.0. The molecule has 0 rings (SSSR count). The Bertz CT molecular complexity index is 1810. The van der Waals surface area contributed by atoms with Crippen LogP contribution >= 0.6 is 15.6 Å². The highest BCUT2D eigenvalue weighted by molar-refractivity contribution is 7.47. The third-order valence-corrected chi connectivity index (χ3v) is 17.6. The topological polar surface area (TPSA) is 237 Å². The number of carbonyl (C=O) groups excluding carboxylic acids is 4. The van der Waals surface area contributed by atoms with Gasteiger partial charge in [0.2, 0.25) is 0 Å². The van der Waals surface area contributed by atoms with Crippen LogP contribution in [-0.2, 0) is 65.4 Å². The molecule has 0 saturated heterocycles. The molecule has 0 amide bonds. The molecule has 0 heterocycles. The SMILES string of the molecule is CCCCCC/C=C\C=C/CCCCCCCC(=O)O[C@H](COC(=O)CCCCCCCCCCCCCCC)COP(=O)(O)OC[C@@H](O)COP(=O)(O)OC[C@@H](COC(=O)CCCCCCCCCC(C)C)OC(=O)CCCCCCCCCCCCC. The van der Waals surface area contributed by atoms with Gasteiger partial charge in [0.05, 0.1) is 26.4 Å². The van der Waals surface area contributed by atoms with Crippen molar-refractivity contribution in [3.63, 3.8) is 0 Å². The Morgan fingerprint density at radius 2 is 0.607 bits per heavy atom. The van der Waals surface area contributed by atoms with Gasteiger partial charge in [-0.3, -0.25) is 37.3 Å². The summed E-state index contributed by atoms with van der Waals surface area (Å²) in [5.74, 6) is -1.45. The van der Waals surface area contributed by atoms with E-state index in [-0.39, 0.29) is 25.7 Å². The Morgan fingerprint density at radius 3 is 0.921 bits per heavy atom. The van der Waals surface area contributed by atoms with Crippen LogP contribution in [0.4, 0.5) is 0 Å². The molecule has 0 bridgehead atoms. The quantitative estimate of drug-likeness (QED) is 0.0169. The first-order valence-corrected chi connectivity index (χ1v) is 38.9. The van der Waals surface area contributed by atoms with E-state index in [9.17, 15) is 43.2 Å². The number of carbonyl (C=O) groups is 4. The van der Waals surface area contributed by atoms with Gasteiger partial charge in [-0.05, 0) is 57.3 Å². The Hall–Kier alpha value is -2.46. The summed E-state index contributed by atoms with van der Waals surface area (Å²) in [5.41, 5.74) is 0. The summed E-state index contributed by atoms with van der Waals surface area (Å²) in [4.78, 5) is 72.5. The van der Waals surface area contributed by atoms with Crippen LogP contribution in [0.2, 0.25) is 0 Å². The molecule has 0 aliphatic rings. The van der Waals surface area contributed by atoms with Crippen LogP contribution in [0.5, 0.6) is 0 Å². The van der Waals surface area contributed by atoms with Crippen molar-refractivity contribution in [2.24, 2.45) is 5.92 Å². The predicted octanol–water partition coefficient (Wildman–Crippen LogP) is 19.7. The summed E-state index contributed by atoms with van der Waals surface area (Å²) >= 11 is 0. The van der Waals surface area contributed by atoms with Gasteiger partial charge in [0.1, 0.15) is 19.3 Å². The number of aliphatic hydroxyl groups is 1. The summed E-state index contributed by atoms with van der Waals surface area (Å²) in [5, 5.41) is 10.6. The average molecular weight is 1310 g/mol. The zero-order valence-electron chi connectivity index (χ0n) is 57.0. The van der Waals surface area contributed by atoms with Crippen LogP contribution in [0.3, 0.4) is 0 Å². The van der Waals surface area contributed by atoms with Gasteiger partial charge in [-0.2, -0.15) is 0 Å². The van der Waals surface area contributed by atoms with Crippen molar-refractivity contribution in [3.8, 4) is 0 Å². The van der Waals surface area contributed by atoms with Gasteiger partial charge in [-0.25, -0.2) is 9.13 Å². The van der Waals surface area contributed by atoms with Crippen molar-refractivity contribution in [2.45, 2.75) is 355 Å². The summed E-state index contributed by atoms with van der Waals surface area (Å²) in [6.45, 7) is 7.12. The number of ether oxygens (including phenoxy) is 4. The lowest BCUT2D eigenvalue weighted by atomic mass is 10.0. The van der Waals surface area contributed by atoms with Gasteiger partial charge in [-0.1, -0.05) is 284 Å². The van der Waals surface area contributed by atoms with Crippen LogP contribution in [0.1, 0.15) is 336 Å². The van der Waals surface area contributed by atoms with E-state index in [0.717, 1.165) is 109 Å². The highest BCUT2D eigenvalue weighted by Crippen LogP contribution is 2.45. The zero-order valence-corrected chi connectivity index (χ0v) is 58.8. The second kappa shape index (κ2) is 63.0. The molecule has 524 valence electrons. The Labute approximate surface area is 542 Å². The molecule has 0 aliphatic carbocycles. The van der Waals surface area contributed by atoms with Gasteiger partial charge < -0.3 is 33.8 Å². The first-order valence-electron chi connectivity index (χ1n) is 36.0. The fraction of sp³-hybridized carbons (Fsp3) is 0.886. The van der Waals surface area contributed by atoms with Crippen molar-refractivity contribution in [1.82, 2.24) is 0 Å². The van der Waals surface area contributed by atoms with Gasteiger partial charge in [0, 0.05) is 25.7 Å². The maximum atomic E-state index is 13.0. The summed E-state index contributed by atoms with van der Waals surface area (Å²) in [6.07, 6.45) is 52.1. The number of rotatable bonds is 68. The fourth-order valence-electron chi connectivity index (χ4n) is 10.1. The number of esters is 4. The van der Waals surface area contributed by atoms with Gasteiger partial charge in [0.25, 0.3) is 0 Å². The van der Waals surface area contributed by atoms with E-state index >= 15 is 0 Å². The van der Waals surface area contributed by atoms with E-state index < -0.39 is 97.5 Å². The number of phosphoric ester groups is 2. The van der Waals surface area contributed by atoms with Crippen molar-refractivity contribution in [2.75, 3.05) is 39.6 Å². The third-order valence-electron chi connectivity index (χ3n) is 15.7. The van der Waals surface area contributed by atoms with E-state index in [1.807, 2.05) is 0 Å². The zero-order chi connectivity index (χ0) is 65.6. The number of hydrogen-bond acceptors (Lipinski definition) is 15. The van der Waals surface area contributed by atoms with E-state index in [1.54, 1.807) is 0 Å². The molecule has 3 N–H and O–H groups in total. The van der Waals surface area contributed by atoms with Gasteiger partial charge in [-0.15, -0.1) is 0 Å². The van der Waals surface area contributed by atoms with Crippen LogP contribution in [0.25, 0.3) is 0 Å². The minimum atomic E-state index is -4.96. The molecular formula is C70H132O17P2. The molecule has 0 aromatic carbocycles. The second-order valence-electron chi connectivity index (χ2n) is 25.1.